The van der Waals surface area contributed by atoms with E-state index in [1.165, 1.54) is 0 Å². The molecule has 0 unspecified atom stereocenters. The SMILES string of the molecule is CC(C)(C)NC(=O)CN(CCOCCOCCOCCN(CC(=O)NC(C)(C)C)CC(=O)NC(C)(C)C)CC(=O)NC(C)(C)C. The van der Waals surface area contributed by atoms with Gasteiger partial charge in [-0.15, -0.1) is 0 Å². The number of hydrogen-bond acceptors (Lipinski definition) is 9. The molecule has 0 aromatic rings. The zero-order chi connectivity index (χ0) is 34.9. The van der Waals surface area contributed by atoms with Crippen LogP contribution in [0.5, 0.6) is 0 Å². The molecule has 0 fully saturated rings. The number of rotatable bonds is 20. The predicted molar refractivity (Wildman–Crippen MR) is 177 cm³/mol. The molecule has 0 saturated heterocycles. The van der Waals surface area contributed by atoms with Crippen LogP contribution in [0.1, 0.15) is 83.1 Å². The van der Waals surface area contributed by atoms with Crippen LogP contribution in [0.2, 0.25) is 0 Å². The van der Waals surface area contributed by atoms with Crippen LogP contribution in [0.15, 0.2) is 0 Å². The molecule has 4 N–H and O–H groups in total. The van der Waals surface area contributed by atoms with Gasteiger partial charge in [0.25, 0.3) is 0 Å². The summed E-state index contributed by atoms with van der Waals surface area (Å²) in [5.74, 6) is -0.615. The second-order valence-corrected chi connectivity index (χ2v) is 15.5. The molecule has 0 atom stereocenters. The second-order valence-electron chi connectivity index (χ2n) is 15.5. The average Bonchev–Trinajstić information content (AvgIpc) is 2.77. The van der Waals surface area contributed by atoms with E-state index in [0.717, 1.165) is 0 Å². The van der Waals surface area contributed by atoms with Crippen molar-refractivity contribution in [2.45, 2.75) is 105 Å². The molecule has 45 heavy (non-hydrogen) atoms. The van der Waals surface area contributed by atoms with Crippen molar-refractivity contribution in [3.63, 3.8) is 0 Å². The fraction of sp³-hybridized carbons (Fsp3) is 0.875. The lowest BCUT2D eigenvalue weighted by atomic mass is 10.1. The largest absolute Gasteiger partial charge is 0.378 e. The van der Waals surface area contributed by atoms with Crippen LogP contribution in [-0.4, -0.2) is 134 Å². The molecular weight excluding hydrogens is 580 g/mol. The minimum atomic E-state index is -0.363. The van der Waals surface area contributed by atoms with Crippen LogP contribution in [-0.2, 0) is 33.4 Å². The van der Waals surface area contributed by atoms with Crippen LogP contribution in [0.3, 0.4) is 0 Å². The third kappa shape index (κ3) is 28.9. The third-order valence-electron chi connectivity index (χ3n) is 5.37. The van der Waals surface area contributed by atoms with Gasteiger partial charge >= 0.3 is 0 Å². The summed E-state index contributed by atoms with van der Waals surface area (Å²) in [6.45, 7) is 26.2. The highest BCUT2D eigenvalue weighted by Crippen LogP contribution is 2.03. The van der Waals surface area contributed by atoms with E-state index < -0.39 is 0 Å². The topological polar surface area (TPSA) is 151 Å². The van der Waals surface area contributed by atoms with Gasteiger partial charge < -0.3 is 35.5 Å². The van der Waals surface area contributed by atoms with Crippen molar-refractivity contribution in [1.29, 1.82) is 0 Å². The lowest BCUT2D eigenvalue weighted by Gasteiger charge is -2.27. The maximum absolute atomic E-state index is 12.5. The third-order valence-corrected chi connectivity index (χ3v) is 5.37. The summed E-state index contributed by atoms with van der Waals surface area (Å²) in [5.41, 5.74) is -1.45. The molecule has 0 aliphatic heterocycles. The quantitative estimate of drug-likeness (QED) is 0.144. The van der Waals surface area contributed by atoms with E-state index in [1.54, 1.807) is 9.80 Å². The molecule has 0 saturated carbocycles. The second kappa shape index (κ2) is 20.0. The predicted octanol–water partition coefficient (Wildman–Crippen LogP) is 1.30. The molecule has 264 valence electrons. The van der Waals surface area contributed by atoms with Gasteiger partial charge in [0.2, 0.25) is 23.6 Å². The van der Waals surface area contributed by atoms with E-state index in [9.17, 15) is 19.2 Å². The highest BCUT2D eigenvalue weighted by Gasteiger charge is 2.22. The molecule has 0 heterocycles. The number of hydrogen-bond donors (Lipinski definition) is 4. The van der Waals surface area contributed by atoms with Gasteiger partial charge in [-0.1, -0.05) is 0 Å². The number of nitrogens with zero attached hydrogens (tertiary/aromatic N) is 2. The normalized spacial score (nSPS) is 12.8. The Labute approximate surface area is 272 Å². The van der Waals surface area contributed by atoms with E-state index in [2.05, 4.69) is 21.3 Å². The highest BCUT2D eigenvalue weighted by atomic mass is 16.5. The van der Waals surface area contributed by atoms with E-state index in [4.69, 9.17) is 14.2 Å². The molecular formula is C32H64N6O7. The first kappa shape index (κ1) is 42.7. The minimum absolute atomic E-state index is 0.0893. The number of nitrogens with one attached hydrogen (secondary N) is 4. The maximum Gasteiger partial charge on any atom is 0.234 e. The summed E-state index contributed by atoms with van der Waals surface area (Å²) in [6, 6.07) is 0. The standard InChI is InChI=1S/C32H64N6O7/c1-29(2,3)33-25(39)21-37(22-26(40)34-30(4,5)6)13-15-43-17-19-45-20-18-44-16-14-38(23-27(41)35-31(7,8)9)24-28(42)36-32(10,11)12/h13-24H2,1-12H3,(H,33,39)(H,34,40)(H,35,41)(H,36,42). The van der Waals surface area contributed by atoms with Crippen LogP contribution < -0.4 is 21.3 Å². The first-order valence-electron chi connectivity index (χ1n) is 15.9. The van der Waals surface area contributed by atoms with Gasteiger partial charge in [-0.3, -0.25) is 29.0 Å². The molecule has 0 spiro atoms. The van der Waals surface area contributed by atoms with E-state index in [-0.39, 0.29) is 72.0 Å². The van der Waals surface area contributed by atoms with Gasteiger partial charge in [-0.2, -0.15) is 0 Å². The monoisotopic (exact) mass is 644 g/mol. The lowest BCUT2D eigenvalue weighted by molar-refractivity contribution is -0.128. The smallest absolute Gasteiger partial charge is 0.234 e. The lowest BCUT2D eigenvalue weighted by Crippen LogP contribution is -2.50. The molecule has 0 aromatic heterocycles. The van der Waals surface area contributed by atoms with Crippen LogP contribution in [0.25, 0.3) is 0 Å². The molecule has 13 nitrogen and oxygen atoms in total. The zero-order valence-corrected chi connectivity index (χ0v) is 30.2. The minimum Gasteiger partial charge on any atom is -0.378 e. The van der Waals surface area contributed by atoms with Crippen molar-refractivity contribution in [2.75, 3.05) is 78.9 Å². The fourth-order valence-corrected chi connectivity index (χ4v) is 4.00. The molecule has 13 heteroatoms. The molecule has 0 radical (unpaired) electrons. The Morgan fingerprint density at radius 1 is 0.400 bits per heavy atom. The molecule has 0 aromatic carbocycles. The Hall–Kier alpha value is -2.32. The van der Waals surface area contributed by atoms with Crippen molar-refractivity contribution in [3.05, 3.63) is 0 Å². The zero-order valence-electron chi connectivity index (χ0n) is 30.2. The summed E-state index contributed by atoms with van der Waals surface area (Å²) in [4.78, 5) is 53.3. The fourth-order valence-electron chi connectivity index (χ4n) is 4.00. The summed E-state index contributed by atoms with van der Waals surface area (Å²) in [6.07, 6.45) is 0. The first-order valence-corrected chi connectivity index (χ1v) is 15.9. The van der Waals surface area contributed by atoms with Crippen molar-refractivity contribution in [3.8, 4) is 0 Å². The summed E-state index contributed by atoms with van der Waals surface area (Å²) >= 11 is 0. The van der Waals surface area contributed by atoms with Gasteiger partial charge in [-0.05, 0) is 83.1 Å². The van der Waals surface area contributed by atoms with Crippen molar-refractivity contribution in [2.24, 2.45) is 0 Å². The summed E-state index contributed by atoms with van der Waals surface area (Å²) < 4.78 is 16.9. The van der Waals surface area contributed by atoms with Gasteiger partial charge in [0, 0.05) is 35.2 Å². The van der Waals surface area contributed by atoms with E-state index in [0.29, 0.717) is 52.7 Å². The van der Waals surface area contributed by atoms with E-state index >= 15 is 0 Å². The van der Waals surface area contributed by atoms with Gasteiger partial charge in [0.05, 0.1) is 65.8 Å². The highest BCUT2D eigenvalue weighted by molar-refractivity contribution is 5.82. The Morgan fingerprint density at radius 2 is 0.600 bits per heavy atom. The number of amides is 4. The van der Waals surface area contributed by atoms with E-state index in [1.807, 2.05) is 83.1 Å². The summed E-state index contributed by atoms with van der Waals surface area (Å²) in [5, 5.41) is 11.7. The Kier molecular flexibility index (Phi) is 19.0. The molecule has 4 amide bonds. The van der Waals surface area contributed by atoms with Crippen LogP contribution in [0, 0.1) is 0 Å². The molecule has 0 bridgehead atoms. The molecule has 0 rings (SSSR count). The Bertz CT molecular complexity index is 770. The van der Waals surface area contributed by atoms with Crippen molar-refractivity contribution >= 4 is 23.6 Å². The molecule has 0 aliphatic rings. The van der Waals surface area contributed by atoms with Crippen molar-refractivity contribution < 1.29 is 33.4 Å². The maximum atomic E-state index is 12.5. The number of ether oxygens (including phenoxy) is 3. The average molecular weight is 645 g/mol. The first-order chi connectivity index (χ1) is 20.4. The Balaban J connectivity index is 4.47. The van der Waals surface area contributed by atoms with Gasteiger partial charge in [-0.25, -0.2) is 0 Å². The number of carbonyl (C=O) groups excluding carboxylic acids is 4. The number of carbonyl (C=O) groups is 4. The molecule has 0 aliphatic carbocycles. The van der Waals surface area contributed by atoms with Gasteiger partial charge in [0.1, 0.15) is 0 Å². The Morgan fingerprint density at radius 3 is 0.800 bits per heavy atom. The van der Waals surface area contributed by atoms with Crippen LogP contribution in [0.4, 0.5) is 0 Å². The summed E-state index contributed by atoms with van der Waals surface area (Å²) in [7, 11) is 0. The van der Waals surface area contributed by atoms with Crippen LogP contribution >= 0.6 is 0 Å². The van der Waals surface area contributed by atoms with Gasteiger partial charge in [0.15, 0.2) is 0 Å². The van der Waals surface area contributed by atoms with Crippen molar-refractivity contribution in [1.82, 2.24) is 31.1 Å².